The Morgan fingerprint density at radius 2 is 2.30 bits per heavy atom. The predicted molar refractivity (Wildman–Crippen MR) is 75.9 cm³/mol. The number of nitrogens with one attached hydrogen (secondary N) is 1. The number of carbonyl (C=O) groups excluding carboxylic acids is 1. The van der Waals surface area contributed by atoms with Crippen LogP contribution in [0.1, 0.15) is 22.6 Å². The Kier molecular flexibility index (Phi) is 3.56. The van der Waals surface area contributed by atoms with E-state index < -0.39 is 5.82 Å². The highest BCUT2D eigenvalue weighted by atomic mass is 79.9. The molecule has 1 aliphatic rings. The standard InChI is InChI=1S/C14H13BrFN3O/c15-10-5-9(6-11(16)7-10)14(20)18-12-1-2-13-17-3-4-19(13)8-12/h3-7,12H,1-2,8H2,(H,18,20). The van der Waals surface area contributed by atoms with Crippen LogP contribution in [0.3, 0.4) is 0 Å². The van der Waals surface area contributed by atoms with Gasteiger partial charge in [-0.2, -0.15) is 0 Å². The van der Waals surface area contributed by atoms with Gasteiger partial charge in [-0.25, -0.2) is 9.37 Å². The van der Waals surface area contributed by atoms with E-state index >= 15 is 0 Å². The summed E-state index contributed by atoms with van der Waals surface area (Å²) in [4.78, 5) is 16.4. The molecule has 0 fully saturated rings. The maximum Gasteiger partial charge on any atom is 0.251 e. The van der Waals surface area contributed by atoms with Crippen LogP contribution in [0.15, 0.2) is 35.1 Å². The van der Waals surface area contributed by atoms with Gasteiger partial charge in [0.15, 0.2) is 0 Å². The number of hydrogen-bond donors (Lipinski definition) is 1. The number of nitrogens with zero attached hydrogens (tertiary/aromatic N) is 2. The summed E-state index contributed by atoms with van der Waals surface area (Å²) in [5.41, 5.74) is 0.327. The fraction of sp³-hybridized carbons (Fsp3) is 0.286. The van der Waals surface area contributed by atoms with Crippen LogP contribution < -0.4 is 5.32 Å². The summed E-state index contributed by atoms with van der Waals surface area (Å²) in [6.45, 7) is 0.706. The Bertz CT molecular complexity index is 635. The third-order valence-electron chi connectivity index (χ3n) is 3.40. The largest absolute Gasteiger partial charge is 0.347 e. The third kappa shape index (κ3) is 2.75. The molecule has 2 aromatic rings. The van der Waals surface area contributed by atoms with Crippen molar-refractivity contribution in [3.05, 3.63) is 52.3 Å². The number of rotatable bonds is 2. The summed E-state index contributed by atoms with van der Waals surface area (Å²) in [7, 11) is 0. The molecule has 104 valence electrons. The van der Waals surface area contributed by atoms with Gasteiger partial charge in [-0.3, -0.25) is 4.79 Å². The van der Waals surface area contributed by atoms with Crippen molar-refractivity contribution in [2.75, 3.05) is 0 Å². The maximum absolute atomic E-state index is 13.3. The molecular weight excluding hydrogens is 325 g/mol. The number of halogens is 2. The molecule has 1 aromatic carbocycles. The SMILES string of the molecule is O=C(NC1CCc2nccn2C1)c1cc(F)cc(Br)c1. The summed E-state index contributed by atoms with van der Waals surface area (Å²) in [6, 6.07) is 4.23. The van der Waals surface area contributed by atoms with E-state index in [9.17, 15) is 9.18 Å². The van der Waals surface area contributed by atoms with Crippen LogP contribution in [-0.2, 0) is 13.0 Å². The maximum atomic E-state index is 13.3. The van der Waals surface area contributed by atoms with Crippen LogP contribution in [0.2, 0.25) is 0 Å². The zero-order chi connectivity index (χ0) is 14.1. The predicted octanol–water partition coefficient (Wildman–Crippen LogP) is 2.53. The number of fused-ring (bicyclic) bond motifs is 1. The number of amides is 1. The highest BCUT2D eigenvalue weighted by molar-refractivity contribution is 9.10. The molecular formula is C14H13BrFN3O. The molecule has 1 N–H and O–H groups in total. The smallest absolute Gasteiger partial charge is 0.251 e. The van der Waals surface area contributed by atoms with Crippen LogP contribution in [0.25, 0.3) is 0 Å². The number of imidazole rings is 1. The Morgan fingerprint density at radius 1 is 1.45 bits per heavy atom. The van der Waals surface area contributed by atoms with E-state index in [-0.39, 0.29) is 11.9 Å². The number of benzene rings is 1. The molecule has 4 nitrogen and oxygen atoms in total. The molecule has 1 atom stereocenters. The van der Waals surface area contributed by atoms with Gasteiger partial charge in [-0.1, -0.05) is 15.9 Å². The van der Waals surface area contributed by atoms with Gasteiger partial charge in [0.2, 0.25) is 0 Å². The fourth-order valence-corrected chi connectivity index (χ4v) is 2.90. The normalized spacial score (nSPS) is 17.6. The molecule has 0 radical (unpaired) electrons. The first kappa shape index (κ1) is 13.3. The zero-order valence-corrected chi connectivity index (χ0v) is 12.2. The summed E-state index contributed by atoms with van der Waals surface area (Å²) in [5, 5.41) is 2.95. The lowest BCUT2D eigenvalue weighted by Crippen LogP contribution is -2.40. The third-order valence-corrected chi connectivity index (χ3v) is 3.85. The van der Waals surface area contributed by atoms with Crippen molar-refractivity contribution >= 4 is 21.8 Å². The lowest BCUT2D eigenvalue weighted by molar-refractivity contribution is 0.0927. The number of aryl methyl sites for hydroxylation is 1. The molecule has 2 heterocycles. The first-order valence-corrected chi connectivity index (χ1v) is 7.18. The summed E-state index contributed by atoms with van der Waals surface area (Å²) in [6.07, 6.45) is 5.36. The van der Waals surface area contributed by atoms with Crippen molar-refractivity contribution in [3.8, 4) is 0 Å². The van der Waals surface area contributed by atoms with Gasteiger partial charge in [0, 0.05) is 41.4 Å². The lowest BCUT2D eigenvalue weighted by atomic mass is 10.1. The van der Waals surface area contributed by atoms with E-state index in [0.717, 1.165) is 18.7 Å². The van der Waals surface area contributed by atoms with Crippen molar-refractivity contribution in [1.82, 2.24) is 14.9 Å². The quantitative estimate of drug-likeness (QED) is 0.915. The van der Waals surface area contributed by atoms with Crippen LogP contribution in [0, 0.1) is 5.82 Å². The Morgan fingerprint density at radius 3 is 3.10 bits per heavy atom. The van der Waals surface area contributed by atoms with Crippen LogP contribution >= 0.6 is 15.9 Å². The highest BCUT2D eigenvalue weighted by Crippen LogP contribution is 2.17. The van der Waals surface area contributed by atoms with Gasteiger partial charge in [0.05, 0.1) is 0 Å². The summed E-state index contributed by atoms with van der Waals surface area (Å²) in [5.74, 6) is 0.368. The first-order valence-electron chi connectivity index (χ1n) is 6.39. The van der Waals surface area contributed by atoms with Gasteiger partial charge in [0.1, 0.15) is 11.6 Å². The zero-order valence-electron chi connectivity index (χ0n) is 10.6. The molecule has 0 bridgehead atoms. The molecule has 0 aliphatic carbocycles. The van der Waals surface area contributed by atoms with Crippen molar-refractivity contribution in [2.45, 2.75) is 25.4 Å². The van der Waals surface area contributed by atoms with E-state index in [1.54, 1.807) is 12.3 Å². The van der Waals surface area contributed by atoms with Crippen LogP contribution in [0.5, 0.6) is 0 Å². The van der Waals surface area contributed by atoms with E-state index in [4.69, 9.17) is 0 Å². The molecule has 20 heavy (non-hydrogen) atoms. The molecule has 1 unspecified atom stereocenters. The molecule has 0 saturated heterocycles. The second-order valence-corrected chi connectivity index (χ2v) is 5.78. The average Bonchev–Trinajstić information content (AvgIpc) is 2.85. The van der Waals surface area contributed by atoms with Gasteiger partial charge in [-0.15, -0.1) is 0 Å². The second-order valence-electron chi connectivity index (χ2n) is 4.86. The van der Waals surface area contributed by atoms with Gasteiger partial charge in [-0.05, 0) is 24.6 Å². The molecule has 3 rings (SSSR count). The van der Waals surface area contributed by atoms with E-state index in [1.165, 1.54) is 12.1 Å². The fourth-order valence-electron chi connectivity index (χ4n) is 2.44. The minimum Gasteiger partial charge on any atom is -0.347 e. The topological polar surface area (TPSA) is 46.9 Å². The van der Waals surface area contributed by atoms with E-state index in [0.29, 0.717) is 16.6 Å². The minimum absolute atomic E-state index is 0.0474. The molecule has 0 saturated carbocycles. The first-order chi connectivity index (χ1) is 9.61. The van der Waals surface area contributed by atoms with Crippen molar-refractivity contribution in [1.29, 1.82) is 0 Å². The van der Waals surface area contributed by atoms with Gasteiger partial charge < -0.3 is 9.88 Å². The highest BCUT2D eigenvalue weighted by Gasteiger charge is 2.21. The average molecular weight is 338 g/mol. The second kappa shape index (κ2) is 5.36. The van der Waals surface area contributed by atoms with E-state index in [2.05, 4.69) is 26.2 Å². The summed E-state index contributed by atoms with van der Waals surface area (Å²) >= 11 is 3.19. The van der Waals surface area contributed by atoms with Crippen molar-refractivity contribution in [3.63, 3.8) is 0 Å². The van der Waals surface area contributed by atoms with E-state index in [1.807, 2.05) is 10.8 Å². The van der Waals surface area contributed by atoms with Gasteiger partial charge >= 0.3 is 0 Å². The number of aromatic nitrogens is 2. The van der Waals surface area contributed by atoms with Crippen molar-refractivity contribution in [2.24, 2.45) is 0 Å². The molecule has 6 heteroatoms. The Labute approximate surface area is 124 Å². The monoisotopic (exact) mass is 337 g/mol. The number of carbonyl (C=O) groups is 1. The number of hydrogen-bond acceptors (Lipinski definition) is 2. The van der Waals surface area contributed by atoms with Crippen LogP contribution in [0.4, 0.5) is 4.39 Å². The Balaban J connectivity index is 1.71. The molecule has 1 amide bonds. The minimum atomic E-state index is -0.426. The molecule has 1 aliphatic heterocycles. The molecule has 1 aromatic heterocycles. The lowest BCUT2D eigenvalue weighted by Gasteiger charge is -2.24. The Hall–Kier alpha value is -1.69. The molecule has 0 spiro atoms. The summed E-state index contributed by atoms with van der Waals surface area (Å²) < 4.78 is 15.9. The van der Waals surface area contributed by atoms with Crippen molar-refractivity contribution < 1.29 is 9.18 Å². The van der Waals surface area contributed by atoms with Gasteiger partial charge in [0.25, 0.3) is 5.91 Å². The van der Waals surface area contributed by atoms with Crippen LogP contribution in [-0.4, -0.2) is 21.5 Å².